The zero-order chi connectivity index (χ0) is 11.6. The number of rotatable bonds is 3. The second-order valence-corrected chi connectivity index (χ2v) is 5.17. The summed E-state index contributed by atoms with van der Waals surface area (Å²) in [5.41, 5.74) is 2.55. The smallest absolute Gasteiger partial charge is 0.119 e. The topological polar surface area (TPSA) is 20.2 Å². The first-order chi connectivity index (χ1) is 6.88. The van der Waals surface area contributed by atoms with Crippen LogP contribution in [0.1, 0.15) is 58.1 Å². The summed E-state index contributed by atoms with van der Waals surface area (Å²) in [6, 6.07) is 6.00. The molecule has 0 aromatic heterocycles. The number of hydrogen-bond donors (Lipinski definition) is 1. The van der Waals surface area contributed by atoms with E-state index in [2.05, 4.69) is 40.7 Å². The highest BCUT2D eigenvalue weighted by atomic mass is 16.3. The van der Waals surface area contributed by atoms with Crippen molar-refractivity contribution in [2.45, 2.75) is 52.4 Å². The summed E-state index contributed by atoms with van der Waals surface area (Å²) in [7, 11) is 0. The number of hydrogen-bond acceptors (Lipinski definition) is 1. The SMILES string of the molecule is CCC(C)(C)c1ccc(O)c(C(C)C)c1. The molecule has 1 aromatic carbocycles. The molecule has 0 spiro atoms. The van der Waals surface area contributed by atoms with Gasteiger partial charge in [0, 0.05) is 0 Å². The standard InChI is InChI=1S/C14H22O/c1-6-14(4,5)11-7-8-13(15)12(9-11)10(2)3/h7-10,15H,6H2,1-5H3. The zero-order valence-electron chi connectivity index (χ0n) is 10.5. The predicted octanol–water partition coefficient (Wildman–Crippen LogP) is 4.20. The van der Waals surface area contributed by atoms with Crippen molar-refractivity contribution in [3.05, 3.63) is 29.3 Å². The summed E-state index contributed by atoms with van der Waals surface area (Å²) in [6.45, 7) is 10.9. The number of benzene rings is 1. The molecule has 0 aliphatic heterocycles. The summed E-state index contributed by atoms with van der Waals surface area (Å²) >= 11 is 0. The zero-order valence-corrected chi connectivity index (χ0v) is 10.5. The minimum absolute atomic E-state index is 0.192. The summed E-state index contributed by atoms with van der Waals surface area (Å²) in [5, 5.41) is 9.74. The molecule has 0 aliphatic rings. The molecule has 0 amide bonds. The molecule has 0 bridgehead atoms. The lowest BCUT2D eigenvalue weighted by Gasteiger charge is -2.24. The van der Waals surface area contributed by atoms with Crippen molar-refractivity contribution in [3.8, 4) is 5.75 Å². The van der Waals surface area contributed by atoms with E-state index in [4.69, 9.17) is 0 Å². The second-order valence-electron chi connectivity index (χ2n) is 5.17. The molecule has 84 valence electrons. The van der Waals surface area contributed by atoms with Crippen LogP contribution < -0.4 is 0 Å². The van der Waals surface area contributed by atoms with E-state index in [1.165, 1.54) is 5.56 Å². The minimum Gasteiger partial charge on any atom is -0.508 e. The van der Waals surface area contributed by atoms with E-state index < -0.39 is 0 Å². The maximum Gasteiger partial charge on any atom is 0.119 e. The molecule has 1 aromatic rings. The largest absolute Gasteiger partial charge is 0.508 e. The lowest BCUT2D eigenvalue weighted by atomic mass is 9.81. The van der Waals surface area contributed by atoms with Crippen LogP contribution in [0.25, 0.3) is 0 Å². The van der Waals surface area contributed by atoms with E-state index in [0.717, 1.165) is 12.0 Å². The molecule has 1 nitrogen and oxygen atoms in total. The molecule has 0 saturated heterocycles. The monoisotopic (exact) mass is 206 g/mol. The lowest BCUT2D eigenvalue weighted by molar-refractivity contribution is 0.460. The van der Waals surface area contributed by atoms with Gasteiger partial charge in [0.15, 0.2) is 0 Å². The summed E-state index contributed by atoms with van der Waals surface area (Å²) in [6.07, 6.45) is 1.11. The number of aromatic hydroxyl groups is 1. The van der Waals surface area contributed by atoms with Gasteiger partial charge in [0.05, 0.1) is 0 Å². The Hall–Kier alpha value is -0.980. The van der Waals surface area contributed by atoms with Gasteiger partial charge in [-0.3, -0.25) is 0 Å². The normalized spacial score (nSPS) is 12.1. The van der Waals surface area contributed by atoms with E-state index >= 15 is 0 Å². The fraction of sp³-hybridized carbons (Fsp3) is 0.571. The first-order valence-corrected chi connectivity index (χ1v) is 5.72. The van der Waals surface area contributed by atoms with Crippen molar-refractivity contribution in [1.82, 2.24) is 0 Å². The van der Waals surface area contributed by atoms with Crippen molar-refractivity contribution in [3.63, 3.8) is 0 Å². The van der Waals surface area contributed by atoms with Crippen molar-refractivity contribution in [2.24, 2.45) is 0 Å². The molecular weight excluding hydrogens is 184 g/mol. The fourth-order valence-electron chi connectivity index (χ4n) is 1.64. The Morgan fingerprint density at radius 1 is 1.27 bits per heavy atom. The van der Waals surface area contributed by atoms with Crippen LogP contribution in [0, 0.1) is 0 Å². The number of phenolic OH excluding ortho intramolecular Hbond substituents is 1. The molecule has 0 unspecified atom stereocenters. The Bertz CT molecular complexity index is 337. The van der Waals surface area contributed by atoms with E-state index in [1.54, 1.807) is 0 Å². The van der Waals surface area contributed by atoms with Crippen LogP contribution in [0.3, 0.4) is 0 Å². The highest BCUT2D eigenvalue weighted by molar-refractivity contribution is 5.40. The summed E-state index contributed by atoms with van der Waals surface area (Å²) in [5.74, 6) is 0.790. The molecule has 1 N–H and O–H groups in total. The van der Waals surface area contributed by atoms with E-state index in [1.807, 2.05) is 12.1 Å². The third-order valence-electron chi connectivity index (χ3n) is 3.31. The first kappa shape index (κ1) is 12.1. The predicted molar refractivity (Wildman–Crippen MR) is 65.5 cm³/mol. The maximum atomic E-state index is 9.74. The highest BCUT2D eigenvalue weighted by Crippen LogP contribution is 2.33. The number of phenols is 1. The average molecular weight is 206 g/mol. The molecule has 1 heteroatoms. The van der Waals surface area contributed by atoms with Gasteiger partial charge in [0.25, 0.3) is 0 Å². The van der Waals surface area contributed by atoms with Gasteiger partial charge in [-0.15, -0.1) is 0 Å². The lowest BCUT2D eigenvalue weighted by Crippen LogP contribution is -2.15. The third-order valence-corrected chi connectivity index (χ3v) is 3.31. The fourth-order valence-corrected chi connectivity index (χ4v) is 1.64. The summed E-state index contributed by atoms with van der Waals surface area (Å²) < 4.78 is 0. The van der Waals surface area contributed by atoms with Crippen LogP contribution in [-0.2, 0) is 5.41 Å². The Balaban J connectivity index is 3.19. The molecule has 0 atom stereocenters. The maximum absolute atomic E-state index is 9.74. The van der Waals surface area contributed by atoms with Crippen LogP contribution in [0.4, 0.5) is 0 Å². The highest BCUT2D eigenvalue weighted by Gasteiger charge is 2.19. The summed E-state index contributed by atoms with van der Waals surface area (Å²) in [4.78, 5) is 0. The Morgan fingerprint density at radius 2 is 1.87 bits per heavy atom. The first-order valence-electron chi connectivity index (χ1n) is 5.72. The molecule has 0 radical (unpaired) electrons. The Kier molecular flexibility index (Phi) is 3.43. The molecule has 15 heavy (non-hydrogen) atoms. The van der Waals surface area contributed by atoms with E-state index in [-0.39, 0.29) is 5.41 Å². The second kappa shape index (κ2) is 4.26. The van der Waals surface area contributed by atoms with Gasteiger partial charge in [-0.05, 0) is 34.9 Å². The Morgan fingerprint density at radius 3 is 2.33 bits per heavy atom. The van der Waals surface area contributed by atoms with Gasteiger partial charge < -0.3 is 5.11 Å². The minimum atomic E-state index is 0.192. The molecule has 0 fully saturated rings. The van der Waals surface area contributed by atoms with Crippen LogP contribution in [-0.4, -0.2) is 5.11 Å². The van der Waals surface area contributed by atoms with Gasteiger partial charge in [0.1, 0.15) is 5.75 Å². The average Bonchev–Trinajstić information content (AvgIpc) is 2.17. The van der Waals surface area contributed by atoms with Gasteiger partial charge in [-0.25, -0.2) is 0 Å². The van der Waals surface area contributed by atoms with Gasteiger partial charge in [0.2, 0.25) is 0 Å². The van der Waals surface area contributed by atoms with Crippen LogP contribution in [0.5, 0.6) is 5.75 Å². The van der Waals surface area contributed by atoms with Gasteiger partial charge in [-0.1, -0.05) is 46.8 Å². The molecule has 1 rings (SSSR count). The molecule has 0 heterocycles. The van der Waals surface area contributed by atoms with Crippen LogP contribution in [0.2, 0.25) is 0 Å². The van der Waals surface area contributed by atoms with Crippen molar-refractivity contribution in [1.29, 1.82) is 0 Å². The van der Waals surface area contributed by atoms with Crippen molar-refractivity contribution < 1.29 is 5.11 Å². The van der Waals surface area contributed by atoms with Crippen molar-refractivity contribution >= 4 is 0 Å². The van der Waals surface area contributed by atoms with E-state index in [9.17, 15) is 5.11 Å². The molecular formula is C14H22O. The quantitative estimate of drug-likeness (QED) is 0.785. The molecule has 0 aliphatic carbocycles. The molecule has 0 saturated carbocycles. The van der Waals surface area contributed by atoms with Crippen molar-refractivity contribution in [2.75, 3.05) is 0 Å². The third kappa shape index (κ3) is 2.53. The van der Waals surface area contributed by atoms with Crippen LogP contribution >= 0.6 is 0 Å². The van der Waals surface area contributed by atoms with Gasteiger partial charge in [-0.2, -0.15) is 0 Å². The van der Waals surface area contributed by atoms with Gasteiger partial charge >= 0.3 is 0 Å². The Labute approximate surface area is 93.1 Å². The van der Waals surface area contributed by atoms with Crippen LogP contribution in [0.15, 0.2) is 18.2 Å². The van der Waals surface area contributed by atoms with E-state index in [0.29, 0.717) is 11.7 Å².